The molecule has 0 unspecified atom stereocenters. The minimum absolute atomic E-state index is 0.564. The molecule has 13 heavy (non-hydrogen) atoms. The molecule has 0 heterocycles. The Morgan fingerprint density at radius 2 is 2.31 bits per heavy atom. The first-order chi connectivity index (χ1) is 6.19. The van der Waals surface area contributed by atoms with Crippen LogP contribution in [0, 0.1) is 10.7 Å². The summed E-state index contributed by atoms with van der Waals surface area (Å²) in [5, 5.41) is 11.2. The summed E-state index contributed by atoms with van der Waals surface area (Å²) in [7, 11) is 0. The normalized spacial score (nSPS) is 9.62. The van der Waals surface area contributed by atoms with E-state index in [2.05, 4.69) is 0 Å². The van der Waals surface area contributed by atoms with Crippen LogP contribution < -0.4 is 5.73 Å². The van der Waals surface area contributed by atoms with Crippen molar-refractivity contribution in [2.24, 2.45) is 0 Å². The van der Waals surface area contributed by atoms with Crippen LogP contribution in [-0.2, 0) is 6.42 Å². The van der Waals surface area contributed by atoms with Gasteiger partial charge >= 0.3 is 0 Å². The van der Waals surface area contributed by atoms with Crippen LogP contribution in [0.1, 0.15) is 12.5 Å². The molecule has 0 saturated carbocycles. The lowest BCUT2D eigenvalue weighted by atomic mass is 10.1. The first kappa shape index (κ1) is 10.2. The molecule has 2 N–H and O–H groups in total. The Bertz CT molecular complexity index is 357. The van der Waals surface area contributed by atoms with Gasteiger partial charge in [0.25, 0.3) is 0 Å². The monoisotopic (exact) mass is 212 g/mol. The summed E-state index contributed by atoms with van der Waals surface area (Å²) in [6.07, 6.45) is 0.845. The van der Waals surface area contributed by atoms with Gasteiger partial charge in [-0.1, -0.05) is 18.5 Å². The van der Waals surface area contributed by atoms with Gasteiger partial charge in [-0.3, -0.25) is 0 Å². The predicted molar refractivity (Wildman–Crippen MR) is 56.7 cm³/mol. The van der Waals surface area contributed by atoms with E-state index in [0.29, 0.717) is 10.7 Å². The third-order valence-corrected chi connectivity index (χ3v) is 2.73. The van der Waals surface area contributed by atoms with E-state index < -0.39 is 0 Å². The highest BCUT2D eigenvalue weighted by molar-refractivity contribution is 8.03. The van der Waals surface area contributed by atoms with Crippen LogP contribution in [0.25, 0.3) is 0 Å². The van der Waals surface area contributed by atoms with Crippen molar-refractivity contribution in [2.75, 3.05) is 5.73 Å². The van der Waals surface area contributed by atoms with Gasteiger partial charge in [0, 0.05) is 15.6 Å². The Morgan fingerprint density at radius 1 is 1.62 bits per heavy atom. The lowest BCUT2D eigenvalue weighted by Crippen LogP contribution is -1.91. The molecule has 0 radical (unpaired) electrons. The molecular weight excluding hydrogens is 204 g/mol. The summed E-state index contributed by atoms with van der Waals surface area (Å²) in [6.45, 7) is 2.01. The molecule has 68 valence electrons. The van der Waals surface area contributed by atoms with Gasteiger partial charge in [0.2, 0.25) is 0 Å². The number of anilines is 1. The Kier molecular flexibility index (Phi) is 3.47. The molecule has 0 aromatic heterocycles. The summed E-state index contributed by atoms with van der Waals surface area (Å²) in [4.78, 5) is 0.781. The first-order valence-electron chi connectivity index (χ1n) is 3.82. The third kappa shape index (κ3) is 2.30. The molecule has 1 rings (SSSR count). The minimum Gasteiger partial charge on any atom is -0.398 e. The van der Waals surface area contributed by atoms with Crippen LogP contribution in [0.15, 0.2) is 17.0 Å². The fourth-order valence-corrected chi connectivity index (χ4v) is 1.80. The van der Waals surface area contributed by atoms with E-state index in [1.807, 2.05) is 18.4 Å². The predicted octanol–water partition coefficient (Wildman–Crippen LogP) is 3.06. The van der Waals surface area contributed by atoms with Gasteiger partial charge in [-0.05, 0) is 35.9 Å². The number of nitrogen functional groups attached to an aromatic ring is 1. The van der Waals surface area contributed by atoms with Crippen molar-refractivity contribution in [1.29, 1.82) is 5.26 Å². The number of nitriles is 1. The van der Waals surface area contributed by atoms with Gasteiger partial charge < -0.3 is 5.73 Å². The number of hydrogen-bond donors (Lipinski definition) is 1. The quantitative estimate of drug-likeness (QED) is 0.466. The Labute approximate surface area is 86.7 Å². The van der Waals surface area contributed by atoms with E-state index in [0.717, 1.165) is 28.6 Å². The van der Waals surface area contributed by atoms with Gasteiger partial charge in [-0.2, -0.15) is 5.26 Å². The zero-order valence-corrected chi connectivity index (χ0v) is 8.75. The number of benzene rings is 1. The van der Waals surface area contributed by atoms with E-state index in [1.54, 1.807) is 6.07 Å². The van der Waals surface area contributed by atoms with Crippen molar-refractivity contribution < 1.29 is 0 Å². The number of hydrogen-bond acceptors (Lipinski definition) is 3. The molecule has 4 heteroatoms. The van der Waals surface area contributed by atoms with Crippen molar-refractivity contribution in [3.63, 3.8) is 0 Å². The molecular formula is C9H9ClN2S. The maximum atomic E-state index is 8.50. The highest BCUT2D eigenvalue weighted by Gasteiger charge is 2.05. The van der Waals surface area contributed by atoms with Crippen molar-refractivity contribution in [1.82, 2.24) is 0 Å². The topological polar surface area (TPSA) is 49.8 Å². The average molecular weight is 213 g/mol. The molecule has 0 aliphatic heterocycles. The maximum absolute atomic E-state index is 8.50. The molecule has 1 aromatic carbocycles. The van der Waals surface area contributed by atoms with Gasteiger partial charge in [0.15, 0.2) is 0 Å². The number of nitrogens with zero attached hydrogens (tertiary/aromatic N) is 1. The molecule has 2 nitrogen and oxygen atoms in total. The zero-order valence-electron chi connectivity index (χ0n) is 7.17. The fourth-order valence-electron chi connectivity index (χ4n) is 1.02. The van der Waals surface area contributed by atoms with Crippen molar-refractivity contribution in [3.8, 4) is 5.40 Å². The second-order valence-electron chi connectivity index (χ2n) is 2.53. The molecule has 0 spiro atoms. The van der Waals surface area contributed by atoms with E-state index in [1.165, 1.54) is 0 Å². The van der Waals surface area contributed by atoms with Crippen molar-refractivity contribution >= 4 is 29.1 Å². The minimum atomic E-state index is 0.564. The summed E-state index contributed by atoms with van der Waals surface area (Å²) in [5.74, 6) is 0. The van der Waals surface area contributed by atoms with Crippen LogP contribution in [0.2, 0.25) is 5.02 Å². The van der Waals surface area contributed by atoms with Crippen LogP contribution in [0.4, 0.5) is 5.69 Å². The third-order valence-electron chi connectivity index (χ3n) is 1.72. The summed E-state index contributed by atoms with van der Waals surface area (Å²) < 4.78 is 0. The Balaban J connectivity index is 3.16. The second kappa shape index (κ2) is 4.40. The second-order valence-corrected chi connectivity index (χ2v) is 3.76. The molecule has 0 aliphatic rings. The fraction of sp³-hybridized carbons (Fsp3) is 0.222. The van der Waals surface area contributed by atoms with Gasteiger partial charge in [-0.15, -0.1) is 0 Å². The average Bonchev–Trinajstić information content (AvgIpc) is 2.10. The Hall–Kier alpha value is -0.850. The van der Waals surface area contributed by atoms with E-state index in [9.17, 15) is 0 Å². The highest BCUT2D eigenvalue weighted by atomic mass is 35.5. The largest absolute Gasteiger partial charge is 0.398 e. The highest BCUT2D eigenvalue weighted by Crippen LogP contribution is 2.30. The van der Waals surface area contributed by atoms with Gasteiger partial charge in [-0.25, -0.2) is 0 Å². The Morgan fingerprint density at radius 3 is 2.85 bits per heavy atom. The number of thiocyanates is 1. The molecule has 0 amide bonds. The summed E-state index contributed by atoms with van der Waals surface area (Å²) >= 11 is 6.99. The van der Waals surface area contributed by atoms with Crippen LogP contribution in [0.5, 0.6) is 0 Å². The van der Waals surface area contributed by atoms with Gasteiger partial charge in [0.05, 0.1) is 0 Å². The first-order valence-corrected chi connectivity index (χ1v) is 5.02. The van der Waals surface area contributed by atoms with Crippen LogP contribution >= 0.6 is 23.4 Å². The number of aryl methyl sites for hydroxylation is 1. The molecule has 0 fully saturated rings. The van der Waals surface area contributed by atoms with E-state index >= 15 is 0 Å². The molecule has 0 saturated heterocycles. The maximum Gasteiger partial charge on any atom is 0.138 e. The van der Waals surface area contributed by atoms with Gasteiger partial charge in [0.1, 0.15) is 5.40 Å². The zero-order chi connectivity index (χ0) is 9.84. The lowest BCUT2D eigenvalue weighted by Gasteiger charge is -2.05. The van der Waals surface area contributed by atoms with Crippen molar-refractivity contribution in [2.45, 2.75) is 18.2 Å². The van der Waals surface area contributed by atoms with Crippen LogP contribution in [0.3, 0.4) is 0 Å². The number of rotatable bonds is 2. The van der Waals surface area contributed by atoms with Crippen molar-refractivity contribution in [3.05, 3.63) is 22.7 Å². The molecule has 0 bridgehead atoms. The molecule has 0 atom stereocenters. The SMILES string of the molecule is CCc1cc(SC#N)c(N)cc1Cl. The van der Waals surface area contributed by atoms with E-state index in [4.69, 9.17) is 22.6 Å². The molecule has 1 aromatic rings. The molecule has 0 aliphatic carbocycles. The summed E-state index contributed by atoms with van der Waals surface area (Å²) in [5.41, 5.74) is 7.26. The number of nitrogens with two attached hydrogens (primary N) is 1. The standard InChI is InChI=1S/C9H9ClN2S/c1-2-6-3-9(13-5-11)8(12)4-7(6)10/h3-4H,2,12H2,1H3. The smallest absolute Gasteiger partial charge is 0.138 e. The number of thioether (sulfide) groups is 1. The summed E-state index contributed by atoms with van der Waals surface area (Å²) in [6, 6.07) is 3.56. The van der Waals surface area contributed by atoms with Crippen LogP contribution in [-0.4, -0.2) is 0 Å². The number of halogens is 1. The van der Waals surface area contributed by atoms with E-state index in [-0.39, 0.29) is 0 Å². The lowest BCUT2D eigenvalue weighted by molar-refractivity contribution is 1.13.